The fourth-order valence-electron chi connectivity index (χ4n) is 5.18. The quantitative estimate of drug-likeness (QED) is 0.137. The molecule has 242 valence electrons. The van der Waals surface area contributed by atoms with Crippen LogP contribution in [0.4, 0.5) is 18.9 Å². The smallest absolute Gasteiger partial charge is 0.326 e. The van der Waals surface area contributed by atoms with Crippen LogP contribution in [0.25, 0.3) is 33.2 Å². The Labute approximate surface area is 275 Å². The number of thiophene rings is 1. The molecule has 0 bridgehead atoms. The lowest BCUT2D eigenvalue weighted by Crippen LogP contribution is -2.43. The number of carboxylic acid groups (broad SMARTS) is 1. The van der Waals surface area contributed by atoms with Gasteiger partial charge in [-0.2, -0.15) is 15.7 Å². The minimum Gasteiger partial charge on any atom is -0.480 e. The van der Waals surface area contributed by atoms with Crippen molar-refractivity contribution in [3.63, 3.8) is 0 Å². The molecule has 3 aromatic heterocycles. The number of carboxylic acids is 1. The van der Waals surface area contributed by atoms with E-state index in [0.29, 0.717) is 39.7 Å². The van der Waals surface area contributed by atoms with Crippen LogP contribution < -0.4 is 10.0 Å². The molecule has 0 aliphatic heterocycles. The van der Waals surface area contributed by atoms with Gasteiger partial charge in [0.2, 0.25) is 5.95 Å². The highest BCUT2D eigenvalue weighted by molar-refractivity contribution is 7.92. The van der Waals surface area contributed by atoms with Gasteiger partial charge in [-0.1, -0.05) is 30.3 Å². The molecular weight excluding hydrogens is 666 g/mol. The van der Waals surface area contributed by atoms with Crippen LogP contribution in [0.3, 0.4) is 0 Å². The molecule has 6 rings (SSSR count). The van der Waals surface area contributed by atoms with E-state index in [0.717, 1.165) is 11.1 Å². The van der Waals surface area contributed by atoms with Crippen LogP contribution in [0.5, 0.6) is 0 Å². The van der Waals surface area contributed by atoms with E-state index in [9.17, 15) is 27.5 Å². The Kier molecular flexibility index (Phi) is 8.93. The second kappa shape index (κ2) is 13.3. The molecule has 0 radical (unpaired) electrons. The van der Waals surface area contributed by atoms with E-state index >= 15 is 8.78 Å². The molecule has 1 amide bonds. The van der Waals surface area contributed by atoms with Crippen molar-refractivity contribution in [3.8, 4) is 22.3 Å². The Morgan fingerprint density at radius 1 is 0.854 bits per heavy atom. The zero-order chi connectivity index (χ0) is 34.0. The fraction of sp³-hybridized carbons (Fsp3) is 0.0588. The van der Waals surface area contributed by atoms with E-state index in [2.05, 4.69) is 20.0 Å². The molecule has 6 aromatic rings. The Bertz CT molecular complexity index is 2260. The van der Waals surface area contributed by atoms with Gasteiger partial charge in [0.25, 0.3) is 15.9 Å². The summed E-state index contributed by atoms with van der Waals surface area (Å²) >= 11 is 1.51. The molecular formula is C34H23F3N4O5S2. The van der Waals surface area contributed by atoms with E-state index in [1.54, 1.807) is 30.5 Å². The van der Waals surface area contributed by atoms with Crippen molar-refractivity contribution in [1.29, 1.82) is 0 Å². The third kappa shape index (κ3) is 6.75. The number of carbonyl (C=O) groups excluding carboxylic acids is 1. The minimum absolute atomic E-state index is 0.219. The summed E-state index contributed by atoms with van der Waals surface area (Å²) in [6.07, 6.45) is 2.65. The summed E-state index contributed by atoms with van der Waals surface area (Å²) in [4.78, 5) is 32.9. The largest absolute Gasteiger partial charge is 0.480 e. The predicted molar refractivity (Wildman–Crippen MR) is 174 cm³/mol. The second-order valence-corrected chi connectivity index (χ2v) is 13.0. The second-order valence-electron chi connectivity index (χ2n) is 10.6. The van der Waals surface area contributed by atoms with Gasteiger partial charge in [-0.15, -0.1) is 0 Å². The third-order valence-corrected chi connectivity index (χ3v) is 9.55. The number of pyridine rings is 2. The number of aliphatic carboxylic acids is 1. The van der Waals surface area contributed by atoms with E-state index < -0.39 is 56.8 Å². The molecule has 0 saturated heterocycles. The van der Waals surface area contributed by atoms with Crippen molar-refractivity contribution >= 4 is 49.8 Å². The van der Waals surface area contributed by atoms with Gasteiger partial charge >= 0.3 is 5.97 Å². The summed E-state index contributed by atoms with van der Waals surface area (Å²) in [7, 11) is -4.34. The van der Waals surface area contributed by atoms with Crippen molar-refractivity contribution < 1.29 is 36.3 Å². The molecule has 3 N–H and O–H groups in total. The van der Waals surface area contributed by atoms with Crippen molar-refractivity contribution in [2.75, 3.05) is 4.72 Å². The zero-order valence-electron chi connectivity index (χ0n) is 24.5. The number of aromatic nitrogens is 2. The summed E-state index contributed by atoms with van der Waals surface area (Å²) in [5, 5.41) is 16.6. The molecule has 0 fully saturated rings. The average molecular weight is 689 g/mol. The summed E-state index contributed by atoms with van der Waals surface area (Å²) < 4.78 is 71.7. The van der Waals surface area contributed by atoms with Crippen LogP contribution >= 0.6 is 11.3 Å². The van der Waals surface area contributed by atoms with E-state index in [1.165, 1.54) is 53.9 Å². The molecule has 9 nitrogen and oxygen atoms in total. The molecule has 0 saturated carbocycles. The van der Waals surface area contributed by atoms with E-state index in [4.69, 9.17) is 0 Å². The predicted octanol–water partition coefficient (Wildman–Crippen LogP) is 6.67. The maximum Gasteiger partial charge on any atom is 0.326 e. The van der Waals surface area contributed by atoms with Gasteiger partial charge in [0.1, 0.15) is 23.2 Å². The molecule has 3 heterocycles. The molecule has 48 heavy (non-hydrogen) atoms. The highest BCUT2D eigenvalue weighted by Crippen LogP contribution is 2.31. The third-order valence-electron chi connectivity index (χ3n) is 7.47. The van der Waals surface area contributed by atoms with E-state index in [1.807, 2.05) is 16.8 Å². The molecule has 3 aromatic carbocycles. The Morgan fingerprint density at radius 3 is 2.27 bits per heavy atom. The van der Waals surface area contributed by atoms with Gasteiger partial charge in [0.15, 0.2) is 0 Å². The summed E-state index contributed by atoms with van der Waals surface area (Å²) in [6, 6.07) is 16.6. The average Bonchev–Trinajstić information content (AvgIpc) is 3.59. The number of halogens is 3. The van der Waals surface area contributed by atoms with Gasteiger partial charge in [0, 0.05) is 35.8 Å². The van der Waals surface area contributed by atoms with Crippen LogP contribution in [0.2, 0.25) is 0 Å². The SMILES string of the molecule is O=C(N[C@@H](Cc1ccc(-c2ccsc2)c2ncccc12)C(=O)O)c1c(F)cc(NS(=O)(=O)c2ccc(-c3ccnc(F)c3)cc2)cc1F. The highest BCUT2D eigenvalue weighted by atomic mass is 32.2. The number of nitrogens with zero attached hydrogens (tertiary/aromatic N) is 2. The van der Waals surface area contributed by atoms with Crippen LogP contribution in [-0.2, 0) is 21.2 Å². The number of sulfonamides is 1. The monoisotopic (exact) mass is 688 g/mol. The van der Waals surface area contributed by atoms with Crippen LogP contribution in [0.1, 0.15) is 15.9 Å². The van der Waals surface area contributed by atoms with Gasteiger partial charge in [-0.25, -0.2) is 27.0 Å². The van der Waals surface area contributed by atoms with Crippen LogP contribution in [0, 0.1) is 17.6 Å². The molecule has 0 aliphatic rings. The van der Waals surface area contributed by atoms with Gasteiger partial charge in [-0.05, 0) is 75.5 Å². The lowest BCUT2D eigenvalue weighted by atomic mass is 9.96. The first-order valence-corrected chi connectivity index (χ1v) is 16.6. The number of nitrogens with one attached hydrogen (secondary N) is 2. The first kappa shape index (κ1) is 32.3. The maximum atomic E-state index is 15.2. The zero-order valence-corrected chi connectivity index (χ0v) is 26.2. The van der Waals surface area contributed by atoms with Gasteiger partial charge in [-0.3, -0.25) is 14.5 Å². The van der Waals surface area contributed by atoms with Gasteiger partial charge in [0.05, 0.1) is 16.1 Å². The highest BCUT2D eigenvalue weighted by Gasteiger charge is 2.27. The number of hydrogen-bond donors (Lipinski definition) is 3. The Hall–Kier alpha value is -5.60. The molecule has 0 spiro atoms. The Balaban J connectivity index is 1.20. The standard InChI is InChI=1S/C34H23F3N4O5S2/c35-27-16-23(41-48(45,46)24-6-3-19(4-7-24)20-9-12-38-30(37)15-20)17-28(36)31(27)33(42)40-29(34(43)44)14-21-5-8-26(22-10-13-47-18-22)32-25(21)2-1-11-39-32/h1-13,15-18,29,41H,14H2,(H,40,42)(H,43,44)/t29-/m0/s1. The number of fused-ring (bicyclic) bond motifs is 1. The molecule has 1 atom stereocenters. The molecule has 0 unspecified atom stereocenters. The fourth-order valence-corrected chi connectivity index (χ4v) is 6.88. The Morgan fingerprint density at radius 2 is 1.60 bits per heavy atom. The number of hydrogen-bond acceptors (Lipinski definition) is 7. The normalized spacial score (nSPS) is 12.1. The number of rotatable bonds is 10. The number of benzene rings is 3. The lowest BCUT2D eigenvalue weighted by Gasteiger charge is -2.17. The van der Waals surface area contributed by atoms with E-state index in [-0.39, 0.29) is 11.3 Å². The van der Waals surface area contributed by atoms with Crippen LogP contribution in [0.15, 0.2) is 107 Å². The van der Waals surface area contributed by atoms with Crippen LogP contribution in [-0.4, -0.2) is 41.4 Å². The minimum atomic E-state index is -4.34. The van der Waals surface area contributed by atoms with Crippen molar-refractivity contribution in [1.82, 2.24) is 15.3 Å². The maximum absolute atomic E-state index is 15.2. The number of anilines is 1. The van der Waals surface area contributed by atoms with Gasteiger partial charge < -0.3 is 10.4 Å². The summed E-state index contributed by atoms with van der Waals surface area (Å²) in [5.74, 6) is -6.32. The molecule has 14 heteroatoms. The number of amides is 1. The first-order valence-electron chi connectivity index (χ1n) is 14.2. The molecule has 0 aliphatic carbocycles. The summed E-state index contributed by atoms with van der Waals surface area (Å²) in [6.45, 7) is 0. The topological polar surface area (TPSA) is 138 Å². The lowest BCUT2D eigenvalue weighted by molar-refractivity contribution is -0.139. The van der Waals surface area contributed by atoms with Crippen molar-refractivity contribution in [2.45, 2.75) is 17.4 Å². The number of carbonyl (C=O) groups is 2. The van der Waals surface area contributed by atoms with Crippen molar-refractivity contribution in [2.24, 2.45) is 0 Å². The van der Waals surface area contributed by atoms with Crippen molar-refractivity contribution in [3.05, 3.63) is 131 Å². The summed E-state index contributed by atoms with van der Waals surface area (Å²) in [5.41, 5.74) is 2.30. The first-order chi connectivity index (χ1) is 23.0.